The van der Waals surface area contributed by atoms with Crippen molar-refractivity contribution >= 4 is 11.8 Å². The van der Waals surface area contributed by atoms with Gasteiger partial charge in [-0.2, -0.15) is 4.98 Å². The lowest BCUT2D eigenvalue weighted by atomic mass is 10.1. The van der Waals surface area contributed by atoms with E-state index < -0.39 is 0 Å². The molecule has 2 rings (SSSR count). The Kier molecular flexibility index (Phi) is 5.09. The number of hydrogen-bond acceptors (Lipinski definition) is 6. The lowest BCUT2D eigenvalue weighted by Gasteiger charge is -2.08. The third kappa shape index (κ3) is 4.17. The van der Waals surface area contributed by atoms with E-state index in [1.54, 1.807) is 24.5 Å². The van der Waals surface area contributed by atoms with E-state index in [0.717, 1.165) is 5.56 Å². The Hall–Kier alpha value is -2.63. The van der Waals surface area contributed by atoms with Crippen LogP contribution in [0.15, 0.2) is 36.7 Å². The zero-order valence-electron chi connectivity index (χ0n) is 12.0. The lowest BCUT2D eigenvalue weighted by Crippen LogP contribution is -2.06. The number of nitrogens with zero attached hydrogens (tertiary/aromatic N) is 2. The molecule has 6 nitrogen and oxygen atoms in total. The first kappa shape index (κ1) is 14.8. The zero-order valence-corrected chi connectivity index (χ0v) is 12.0. The molecule has 0 fully saturated rings. The fourth-order valence-corrected chi connectivity index (χ4v) is 1.77. The van der Waals surface area contributed by atoms with Crippen LogP contribution in [-0.2, 0) is 11.3 Å². The maximum Gasteiger partial charge on any atom is 0.337 e. The highest BCUT2D eigenvalue weighted by Gasteiger charge is 2.06. The van der Waals surface area contributed by atoms with Crippen LogP contribution in [-0.4, -0.2) is 29.7 Å². The summed E-state index contributed by atoms with van der Waals surface area (Å²) in [6, 6.07) is 7.22. The standard InChI is InChI=1S/C15H17N3O3/c1-3-21-14-10-16-9-13(18-14)17-8-11-5-4-6-12(7-11)15(19)20-2/h4-7,9-10H,3,8H2,1-2H3,(H,17,18). The van der Waals surface area contributed by atoms with E-state index >= 15 is 0 Å². The van der Waals surface area contributed by atoms with E-state index in [1.807, 2.05) is 19.1 Å². The Morgan fingerprint density at radius 1 is 1.33 bits per heavy atom. The first-order valence-corrected chi connectivity index (χ1v) is 6.59. The van der Waals surface area contributed by atoms with Gasteiger partial charge in [0.25, 0.3) is 0 Å². The first-order chi connectivity index (χ1) is 10.2. The summed E-state index contributed by atoms with van der Waals surface area (Å²) < 4.78 is 9.99. The summed E-state index contributed by atoms with van der Waals surface area (Å²) in [5, 5.41) is 3.14. The number of aromatic nitrogens is 2. The number of hydrogen-bond donors (Lipinski definition) is 1. The average Bonchev–Trinajstić information content (AvgIpc) is 2.53. The van der Waals surface area contributed by atoms with Gasteiger partial charge in [-0.3, -0.25) is 4.98 Å². The summed E-state index contributed by atoms with van der Waals surface area (Å²) in [5.74, 6) is 0.741. The van der Waals surface area contributed by atoms with Gasteiger partial charge in [-0.05, 0) is 24.6 Å². The minimum absolute atomic E-state index is 0.352. The van der Waals surface area contributed by atoms with Crippen LogP contribution in [0.25, 0.3) is 0 Å². The number of ether oxygens (including phenoxy) is 2. The van der Waals surface area contributed by atoms with Gasteiger partial charge in [-0.15, -0.1) is 0 Å². The molecule has 110 valence electrons. The van der Waals surface area contributed by atoms with Gasteiger partial charge in [0, 0.05) is 6.54 Å². The Bertz CT molecular complexity index is 617. The van der Waals surface area contributed by atoms with Gasteiger partial charge in [-0.25, -0.2) is 4.79 Å². The Labute approximate surface area is 123 Å². The largest absolute Gasteiger partial charge is 0.477 e. The quantitative estimate of drug-likeness (QED) is 0.822. The SMILES string of the molecule is CCOc1cncc(NCc2cccc(C(=O)OC)c2)n1. The molecule has 0 bridgehead atoms. The molecule has 0 saturated carbocycles. The molecule has 0 atom stereocenters. The number of rotatable bonds is 6. The second-order valence-electron chi connectivity index (χ2n) is 4.22. The number of carbonyl (C=O) groups is 1. The topological polar surface area (TPSA) is 73.3 Å². The van der Waals surface area contributed by atoms with Crippen LogP contribution >= 0.6 is 0 Å². The Morgan fingerprint density at radius 3 is 2.95 bits per heavy atom. The molecule has 1 N–H and O–H groups in total. The van der Waals surface area contributed by atoms with Crippen molar-refractivity contribution in [3.05, 3.63) is 47.8 Å². The first-order valence-electron chi connectivity index (χ1n) is 6.59. The van der Waals surface area contributed by atoms with Gasteiger partial charge >= 0.3 is 5.97 Å². The third-order valence-electron chi connectivity index (χ3n) is 2.73. The molecule has 0 aliphatic heterocycles. The van der Waals surface area contributed by atoms with Crippen LogP contribution < -0.4 is 10.1 Å². The van der Waals surface area contributed by atoms with Gasteiger partial charge in [0.1, 0.15) is 5.82 Å². The van der Waals surface area contributed by atoms with Crippen LogP contribution in [0.4, 0.5) is 5.82 Å². The molecule has 0 amide bonds. The summed E-state index contributed by atoms with van der Waals surface area (Å²) in [6.45, 7) is 2.95. The highest BCUT2D eigenvalue weighted by atomic mass is 16.5. The average molecular weight is 287 g/mol. The number of esters is 1. The van der Waals surface area contributed by atoms with Crippen molar-refractivity contribution in [2.75, 3.05) is 19.0 Å². The van der Waals surface area contributed by atoms with E-state index in [2.05, 4.69) is 15.3 Å². The molecule has 0 unspecified atom stereocenters. The minimum Gasteiger partial charge on any atom is -0.477 e. The van der Waals surface area contributed by atoms with Crippen LogP contribution in [0.2, 0.25) is 0 Å². The van der Waals surface area contributed by atoms with Crippen LogP contribution in [0.3, 0.4) is 0 Å². The molecule has 1 aromatic carbocycles. The van der Waals surface area contributed by atoms with E-state index in [1.165, 1.54) is 7.11 Å². The van der Waals surface area contributed by atoms with Crippen molar-refractivity contribution in [3.63, 3.8) is 0 Å². The molecule has 21 heavy (non-hydrogen) atoms. The monoisotopic (exact) mass is 287 g/mol. The molecular weight excluding hydrogens is 270 g/mol. The van der Waals surface area contributed by atoms with Gasteiger partial charge < -0.3 is 14.8 Å². The molecule has 0 aliphatic carbocycles. The number of nitrogens with one attached hydrogen (secondary N) is 1. The molecule has 1 heterocycles. The van der Waals surface area contributed by atoms with Crippen molar-refractivity contribution in [2.45, 2.75) is 13.5 Å². The van der Waals surface area contributed by atoms with Crippen LogP contribution in [0, 0.1) is 0 Å². The van der Waals surface area contributed by atoms with Crippen LogP contribution in [0.1, 0.15) is 22.8 Å². The predicted molar refractivity (Wildman–Crippen MR) is 78.3 cm³/mol. The number of benzene rings is 1. The summed E-state index contributed by atoms with van der Waals surface area (Å²) in [5.41, 5.74) is 1.47. The van der Waals surface area contributed by atoms with Crippen molar-refractivity contribution in [1.82, 2.24) is 9.97 Å². The van der Waals surface area contributed by atoms with Crippen molar-refractivity contribution in [3.8, 4) is 5.88 Å². The van der Waals surface area contributed by atoms with Gasteiger partial charge in [0.05, 0.1) is 31.7 Å². The molecule has 1 aromatic heterocycles. The zero-order chi connectivity index (χ0) is 15.1. The molecule has 0 radical (unpaired) electrons. The maximum atomic E-state index is 11.5. The summed E-state index contributed by atoms with van der Waals surface area (Å²) in [4.78, 5) is 19.8. The molecule has 6 heteroatoms. The highest BCUT2D eigenvalue weighted by molar-refractivity contribution is 5.89. The third-order valence-corrected chi connectivity index (χ3v) is 2.73. The Morgan fingerprint density at radius 2 is 2.19 bits per heavy atom. The van der Waals surface area contributed by atoms with Crippen LogP contribution in [0.5, 0.6) is 5.88 Å². The number of methoxy groups -OCH3 is 1. The normalized spacial score (nSPS) is 10.0. The minimum atomic E-state index is -0.352. The van der Waals surface area contributed by atoms with Gasteiger partial charge in [-0.1, -0.05) is 12.1 Å². The molecule has 2 aromatic rings. The van der Waals surface area contributed by atoms with Crippen molar-refractivity contribution in [2.24, 2.45) is 0 Å². The Balaban J connectivity index is 2.02. The van der Waals surface area contributed by atoms with E-state index in [-0.39, 0.29) is 5.97 Å². The summed E-state index contributed by atoms with van der Waals surface area (Å²) in [6.07, 6.45) is 3.18. The van der Waals surface area contributed by atoms with E-state index in [0.29, 0.717) is 30.4 Å². The smallest absolute Gasteiger partial charge is 0.337 e. The molecular formula is C15H17N3O3. The fraction of sp³-hybridized carbons (Fsp3) is 0.267. The number of carbonyl (C=O) groups excluding carboxylic acids is 1. The second kappa shape index (κ2) is 7.23. The highest BCUT2D eigenvalue weighted by Crippen LogP contribution is 2.12. The van der Waals surface area contributed by atoms with Crippen molar-refractivity contribution < 1.29 is 14.3 Å². The molecule has 0 saturated heterocycles. The maximum absolute atomic E-state index is 11.5. The lowest BCUT2D eigenvalue weighted by molar-refractivity contribution is 0.0600. The summed E-state index contributed by atoms with van der Waals surface area (Å²) in [7, 11) is 1.36. The fourth-order valence-electron chi connectivity index (χ4n) is 1.77. The van der Waals surface area contributed by atoms with Crippen molar-refractivity contribution in [1.29, 1.82) is 0 Å². The second-order valence-corrected chi connectivity index (χ2v) is 4.22. The summed E-state index contributed by atoms with van der Waals surface area (Å²) >= 11 is 0. The van der Waals surface area contributed by atoms with E-state index in [4.69, 9.17) is 9.47 Å². The predicted octanol–water partition coefficient (Wildman–Crippen LogP) is 2.27. The van der Waals surface area contributed by atoms with Gasteiger partial charge in [0.15, 0.2) is 0 Å². The van der Waals surface area contributed by atoms with E-state index in [9.17, 15) is 4.79 Å². The molecule has 0 aliphatic rings. The number of anilines is 1. The molecule has 0 spiro atoms. The van der Waals surface area contributed by atoms with Gasteiger partial charge in [0.2, 0.25) is 5.88 Å².